The maximum Gasteiger partial charge on any atom is 0.348 e. The van der Waals surface area contributed by atoms with Crippen molar-refractivity contribution < 1.29 is 19.1 Å². The van der Waals surface area contributed by atoms with Gasteiger partial charge in [-0.05, 0) is 54.0 Å². The quantitative estimate of drug-likeness (QED) is 0.718. The van der Waals surface area contributed by atoms with E-state index in [1.807, 2.05) is 0 Å². The second kappa shape index (κ2) is 7.20. The topological polar surface area (TPSA) is 96.6 Å². The van der Waals surface area contributed by atoms with Gasteiger partial charge in [0.1, 0.15) is 20.8 Å². The van der Waals surface area contributed by atoms with Gasteiger partial charge in [0.15, 0.2) is 0 Å². The fourth-order valence-corrected chi connectivity index (χ4v) is 3.95. The van der Waals surface area contributed by atoms with Crippen molar-refractivity contribution in [1.82, 2.24) is 9.13 Å². The number of hydrogen-bond donors (Lipinski definition) is 0. The van der Waals surface area contributed by atoms with Crippen LogP contribution in [0.5, 0.6) is 0 Å². The van der Waals surface area contributed by atoms with Crippen molar-refractivity contribution >= 4 is 33.5 Å². The molecule has 2 heterocycles. The Kier molecular flexibility index (Phi) is 5.62. The second-order valence-electron chi connectivity index (χ2n) is 8.00. The van der Waals surface area contributed by atoms with E-state index in [2.05, 4.69) is 0 Å². The Morgan fingerprint density at radius 3 is 2.18 bits per heavy atom. The van der Waals surface area contributed by atoms with Crippen LogP contribution in [0.15, 0.2) is 9.59 Å². The average Bonchev–Trinajstić information content (AvgIpc) is 2.89. The van der Waals surface area contributed by atoms with Crippen LogP contribution in [-0.2, 0) is 26.9 Å². The van der Waals surface area contributed by atoms with Crippen LogP contribution in [0.3, 0.4) is 0 Å². The zero-order chi connectivity index (χ0) is 21.6. The lowest BCUT2D eigenvalue weighted by atomic mass is 10.0. The number of carbonyl (C=O) groups excluding carboxylic acids is 2. The summed E-state index contributed by atoms with van der Waals surface area (Å²) in [7, 11) is 1.50. The first-order valence-corrected chi connectivity index (χ1v) is 9.71. The molecule has 0 aliphatic rings. The second-order valence-corrected chi connectivity index (χ2v) is 9.00. The van der Waals surface area contributed by atoms with Crippen LogP contribution in [0.2, 0.25) is 0 Å². The van der Waals surface area contributed by atoms with E-state index in [1.54, 1.807) is 34.6 Å². The summed E-state index contributed by atoms with van der Waals surface area (Å²) in [6.07, 6.45) is 0. The normalized spacial score (nSPS) is 12.3. The van der Waals surface area contributed by atoms with Crippen molar-refractivity contribution in [2.24, 2.45) is 7.05 Å². The number of esters is 2. The largest absolute Gasteiger partial charge is 0.462 e. The summed E-state index contributed by atoms with van der Waals surface area (Å²) in [5.41, 5.74) is -3.19. The van der Waals surface area contributed by atoms with Crippen LogP contribution in [0.1, 0.15) is 56.8 Å². The maximum absolute atomic E-state index is 13.2. The standard InChI is InChI=1S/C19H26N2O6S/c1-9-26-15(23)12-10(2)11-13(22)21(17(25)20(8)14(11)28-12)19(6,7)16(24)27-18(3,4)5/h9H2,1-8H3. The van der Waals surface area contributed by atoms with Gasteiger partial charge in [-0.1, -0.05) is 0 Å². The Labute approximate surface area is 166 Å². The van der Waals surface area contributed by atoms with Gasteiger partial charge in [-0.2, -0.15) is 0 Å². The van der Waals surface area contributed by atoms with Gasteiger partial charge in [0, 0.05) is 7.05 Å². The van der Waals surface area contributed by atoms with E-state index in [4.69, 9.17) is 9.47 Å². The lowest BCUT2D eigenvalue weighted by molar-refractivity contribution is -0.164. The molecule has 0 aliphatic carbocycles. The molecule has 8 nitrogen and oxygen atoms in total. The average molecular weight is 410 g/mol. The van der Waals surface area contributed by atoms with Gasteiger partial charge < -0.3 is 9.47 Å². The third-order valence-corrected chi connectivity index (χ3v) is 5.59. The molecular formula is C19H26N2O6S. The zero-order valence-electron chi connectivity index (χ0n) is 17.5. The first-order chi connectivity index (χ1) is 12.7. The van der Waals surface area contributed by atoms with Crippen LogP contribution in [-0.4, -0.2) is 33.3 Å². The molecule has 154 valence electrons. The fraction of sp³-hybridized carbons (Fsp3) is 0.579. The zero-order valence-corrected chi connectivity index (χ0v) is 18.3. The van der Waals surface area contributed by atoms with E-state index in [9.17, 15) is 19.2 Å². The molecular weight excluding hydrogens is 384 g/mol. The molecule has 0 saturated carbocycles. The summed E-state index contributed by atoms with van der Waals surface area (Å²) in [6, 6.07) is 0. The molecule has 2 aromatic heterocycles. The van der Waals surface area contributed by atoms with E-state index in [-0.39, 0.29) is 16.9 Å². The first kappa shape index (κ1) is 21.9. The number of carbonyl (C=O) groups is 2. The number of thiophene rings is 1. The van der Waals surface area contributed by atoms with E-state index in [1.165, 1.54) is 25.5 Å². The molecule has 0 atom stereocenters. The highest BCUT2D eigenvalue weighted by molar-refractivity contribution is 7.20. The monoisotopic (exact) mass is 410 g/mol. The lowest BCUT2D eigenvalue weighted by Crippen LogP contribution is -2.53. The molecule has 0 radical (unpaired) electrons. The van der Waals surface area contributed by atoms with Crippen LogP contribution in [0.25, 0.3) is 10.2 Å². The number of aromatic nitrogens is 2. The minimum absolute atomic E-state index is 0.196. The van der Waals surface area contributed by atoms with Gasteiger partial charge in [-0.3, -0.25) is 9.36 Å². The van der Waals surface area contributed by atoms with Gasteiger partial charge in [0.05, 0.1) is 12.0 Å². The molecule has 0 N–H and O–H groups in total. The minimum Gasteiger partial charge on any atom is -0.462 e. The number of aryl methyl sites for hydroxylation is 2. The van der Waals surface area contributed by atoms with Gasteiger partial charge in [0.2, 0.25) is 0 Å². The molecule has 2 aromatic rings. The summed E-state index contributed by atoms with van der Waals surface area (Å²) in [5, 5.41) is 0.215. The number of nitrogens with zero attached hydrogens (tertiary/aromatic N) is 2. The predicted molar refractivity (Wildman–Crippen MR) is 107 cm³/mol. The van der Waals surface area contributed by atoms with Crippen LogP contribution in [0, 0.1) is 6.92 Å². The van der Waals surface area contributed by atoms with E-state index in [0.29, 0.717) is 10.4 Å². The van der Waals surface area contributed by atoms with E-state index in [0.717, 1.165) is 15.9 Å². The van der Waals surface area contributed by atoms with Crippen molar-refractivity contribution in [3.63, 3.8) is 0 Å². The highest BCUT2D eigenvalue weighted by Crippen LogP contribution is 2.29. The molecule has 2 rings (SSSR count). The smallest absolute Gasteiger partial charge is 0.348 e. The van der Waals surface area contributed by atoms with Gasteiger partial charge >= 0.3 is 17.6 Å². The minimum atomic E-state index is -1.54. The van der Waals surface area contributed by atoms with Crippen molar-refractivity contribution in [3.05, 3.63) is 31.3 Å². The van der Waals surface area contributed by atoms with Crippen molar-refractivity contribution in [2.75, 3.05) is 6.61 Å². The van der Waals surface area contributed by atoms with Gasteiger partial charge in [0.25, 0.3) is 5.56 Å². The third-order valence-electron chi connectivity index (χ3n) is 4.25. The molecule has 0 fully saturated rings. The summed E-state index contributed by atoms with van der Waals surface area (Å²) >= 11 is 1.02. The lowest BCUT2D eigenvalue weighted by Gasteiger charge is -2.29. The number of hydrogen-bond acceptors (Lipinski definition) is 7. The first-order valence-electron chi connectivity index (χ1n) is 8.90. The maximum atomic E-state index is 13.2. The van der Waals surface area contributed by atoms with Crippen molar-refractivity contribution in [2.45, 2.75) is 59.6 Å². The Bertz CT molecular complexity index is 1070. The molecule has 9 heteroatoms. The van der Waals surface area contributed by atoms with Crippen LogP contribution >= 0.6 is 11.3 Å². The molecule has 0 aliphatic heterocycles. The Morgan fingerprint density at radius 2 is 1.68 bits per heavy atom. The summed E-state index contributed by atoms with van der Waals surface area (Å²) < 4.78 is 12.6. The molecule has 0 aromatic carbocycles. The van der Waals surface area contributed by atoms with Gasteiger partial charge in [-0.15, -0.1) is 11.3 Å². The van der Waals surface area contributed by atoms with E-state index >= 15 is 0 Å². The molecule has 0 amide bonds. The SMILES string of the molecule is CCOC(=O)c1sc2c(c1C)c(=O)n(C(C)(C)C(=O)OC(C)(C)C)c(=O)n2C. The van der Waals surface area contributed by atoms with Crippen molar-refractivity contribution in [1.29, 1.82) is 0 Å². The summed E-state index contributed by atoms with van der Waals surface area (Å²) in [4.78, 5) is 51.7. The highest BCUT2D eigenvalue weighted by atomic mass is 32.1. The molecule has 0 spiro atoms. The Morgan fingerprint density at radius 1 is 1.11 bits per heavy atom. The Balaban J connectivity index is 2.81. The number of rotatable bonds is 4. The highest BCUT2D eigenvalue weighted by Gasteiger charge is 2.38. The predicted octanol–water partition coefficient (Wildman–Crippen LogP) is 2.32. The van der Waals surface area contributed by atoms with Crippen molar-refractivity contribution in [3.8, 4) is 0 Å². The molecule has 0 bridgehead atoms. The Hall–Kier alpha value is -2.42. The summed E-state index contributed by atoms with van der Waals surface area (Å²) in [6.45, 7) is 11.6. The molecule has 0 unspecified atom stereocenters. The summed E-state index contributed by atoms with van der Waals surface area (Å²) in [5.74, 6) is -1.25. The van der Waals surface area contributed by atoms with E-state index < -0.39 is 34.3 Å². The van der Waals surface area contributed by atoms with Gasteiger partial charge in [-0.25, -0.2) is 19.0 Å². The molecule has 0 saturated heterocycles. The number of ether oxygens (including phenoxy) is 2. The van der Waals surface area contributed by atoms with Crippen LogP contribution < -0.4 is 11.2 Å². The molecule has 28 heavy (non-hydrogen) atoms. The third kappa shape index (κ3) is 3.63. The fourth-order valence-electron chi connectivity index (χ4n) is 2.80. The van der Waals surface area contributed by atoms with Crippen LogP contribution in [0.4, 0.5) is 0 Å². The number of fused-ring (bicyclic) bond motifs is 1.